The highest BCUT2D eigenvalue weighted by atomic mass is 16.8. The van der Waals surface area contributed by atoms with E-state index in [0.29, 0.717) is 6.42 Å². The van der Waals surface area contributed by atoms with Gasteiger partial charge < -0.3 is 52.1 Å². The van der Waals surface area contributed by atoms with E-state index in [-0.39, 0.29) is 6.61 Å². The molecule has 2 fully saturated rings. The predicted molar refractivity (Wildman–Crippen MR) is 283 cm³/mol. The van der Waals surface area contributed by atoms with Gasteiger partial charge in [0.05, 0.1) is 37.9 Å². The minimum absolute atomic E-state index is 0.131. The van der Waals surface area contributed by atoms with Gasteiger partial charge in [-0.2, -0.15) is 0 Å². The molecule has 0 unspecified atom stereocenters. The van der Waals surface area contributed by atoms with Gasteiger partial charge in [-0.15, -0.1) is 6.58 Å². The monoisotopic (exact) mass is 1080 g/mol. The summed E-state index contributed by atoms with van der Waals surface area (Å²) in [5.74, 6) is -5.18. The summed E-state index contributed by atoms with van der Waals surface area (Å²) in [6.45, 7) is 36.9. The molecule has 0 aromatic rings. The molecule has 76 heavy (non-hydrogen) atoms. The average Bonchev–Trinajstić information content (AvgIpc) is 3.26. The summed E-state index contributed by atoms with van der Waals surface area (Å²) in [7, 11) is 0. The van der Waals surface area contributed by atoms with Crippen LogP contribution in [0.5, 0.6) is 0 Å². The molecule has 2 saturated heterocycles. The van der Waals surface area contributed by atoms with Crippen molar-refractivity contribution in [1.29, 1.82) is 0 Å². The molecule has 438 valence electrons. The smallest absolute Gasteiger partial charge is 0.311 e. The van der Waals surface area contributed by atoms with Crippen molar-refractivity contribution in [3.63, 3.8) is 0 Å². The van der Waals surface area contributed by atoms with E-state index in [0.717, 1.165) is 44.9 Å². The highest BCUT2D eigenvalue weighted by Crippen LogP contribution is 2.39. The summed E-state index contributed by atoms with van der Waals surface area (Å²) in [5, 5.41) is 0. The standard InChI is InChI=1S/C58H98O18/c1-23-24-25-26-27-28-29-30-31-32-66-43-41(75-50(64)57(17,18)19)39(73-48(62)55(11,12)13)37(35(69-43)33-67-45(59)52(2,3)4)71-44-42(76-51(65)58(20,21)22)40(74-49(63)56(14,15)16)38(72-47(61)54(8,9)10)36(70-44)34-68-46(60)53(5,6)7/h23,35-44H,1,24-34H2,2-22H3/t35-,36-,37-,38+,39+,40+,41-,42-,43-,44+/m1/s1. The first-order valence-electron chi connectivity index (χ1n) is 27.1. The van der Waals surface area contributed by atoms with Crippen LogP contribution in [-0.2, 0) is 85.7 Å². The lowest BCUT2D eigenvalue weighted by Crippen LogP contribution is -2.68. The molecule has 2 aliphatic rings. The zero-order valence-electron chi connectivity index (χ0n) is 50.2. The van der Waals surface area contributed by atoms with E-state index in [4.69, 9.17) is 52.1 Å². The molecular formula is C58H98O18. The van der Waals surface area contributed by atoms with Crippen LogP contribution in [0.4, 0.5) is 0 Å². The maximum absolute atomic E-state index is 14.3. The first-order chi connectivity index (χ1) is 34.5. The maximum Gasteiger partial charge on any atom is 0.311 e. The summed E-state index contributed by atoms with van der Waals surface area (Å²) < 4.78 is 69.9. The largest absolute Gasteiger partial charge is 0.462 e. The molecule has 0 aliphatic carbocycles. The molecule has 0 amide bonds. The number of unbranched alkanes of at least 4 members (excludes halogenated alkanes) is 7. The number of carbonyl (C=O) groups is 7. The minimum atomic E-state index is -1.88. The molecule has 0 aromatic heterocycles. The second kappa shape index (κ2) is 27.6. The molecule has 10 atom stereocenters. The molecule has 0 spiro atoms. The number of carbonyl (C=O) groups excluding carboxylic acids is 7. The van der Waals surface area contributed by atoms with Crippen LogP contribution < -0.4 is 0 Å². The minimum Gasteiger partial charge on any atom is -0.462 e. The zero-order chi connectivity index (χ0) is 58.6. The Balaban J connectivity index is 3.08. The van der Waals surface area contributed by atoms with Gasteiger partial charge in [-0.25, -0.2) is 0 Å². The van der Waals surface area contributed by atoms with E-state index < -0.39 is 154 Å². The molecule has 0 bridgehead atoms. The average molecular weight is 1080 g/mol. The van der Waals surface area contributed by atoms with Crippen molar-refractivity contribution in [2.75, 3.05) is 19.8 Å². The fourth-order valence-electron chi connectivity index (χ4n) is 6.97. The Kier molecular flexibility index (Phi) is 24.7. The highest BCUT2D eigenvalue weighted by Gasteiger charge is 2.59. The van der Waals surface area contributed by atoms with Gasteiger partial charge in [-0.1, -0.05) is 38.2 Å². The van der Waals surface area contributed by atoms with E-state index in [1.807, 2.05) is 6.08 Å². The van der Waals surface area contributed by atoms with E-state index in [1.54, 1.807) is 145 Å². The topological polar surface area (TPSA) is 221 Å². The van der Waals surface area contributed by atoms with Crippen LogP contribution in [0.25, 0.3) is 0 Å². The van der Waals surface area contributed by atoms with Gasteiger partial charge in [0.2, 0.25) is 0 Å². The number of hydrogen-bond acceptors (Lipinski definition) is 18. The van der Waals surface area contributed by atoms with Gasteiger partial charge in [-0.3, -0.25) is 33.6 Å². The van der Waals surface area contributed by atoms with Crippen LogP contribution in [0.3, 0.4) is 0 Å². The maximum atomic E-state index is 14.3. The van der Waals surface area contributed by atoms with Crippen molar-refractivity contribution in [2.45, 2.75) is 258 Å². The molecule has 18 nitrogen and oxygen atoms in total. The summed E-state index contributed by atoms with van der Waals surface area (Å²) in [6.07, 6.45) is -6.68. The molecule has 0 saturated carbocycles. The second-order valence-corrected chi connectivity index (χ2v) is 27.4. The van der Waals surface area contributed by atoms with Crippen molar-refractivity contribution in [1.82, 2.24) is 0 Å². The SMILES string of the molecule is C=CCCCCCCCCCO[C@@H]1O[C@H](COC(=O)C(C)(C)C)[C@@H](O[C@@H]2O[C@H](COC(=O)C(C)(C)C)[C@H](OC(=O)C(C)(C)C)[C@H](OC(=O)C(C)(C)C)[C@H]2OC(=O)C(C)(C)C)[C@H](OC(=O)C(C)(C)C)[C@H]1OC(=O)C(C)(C)C. The molecule has 0 aromatic carbocycles. The van der Waals surface area contributed by atoms with Crippen molar-refractivity contribution in [2.24, 2.45) is 37.9 Å². The number of hydrogen-bond donors (Lipinski definition) is 0. The van der Waals surface area contributed by atoms with Crippen molar-refractivity contribution >= 4 is 41.8 Å². The summed E-state index contributed by atoms with van der Waals surface area (Å²) in [6, 6.07) is 0. The first-order valence-corrected chi connectivity index (χ1v) is 27.1. The van der Waals surface area contributed by atoms with Crippen LogP contribution in [-0.4, -0.2) is 123 Å². The lowest BCUT2D eigenvalue weighted by molar-refractivity contribution is -0.363. The van der Waals surface area contributed by atoms with Crippen LogP contribution in [0.2, 0.25) is 0 Å². The van der Waals surface area contributed by atoms with E-state index in [1.165, 1.54) is 0 Å². The van der Waals surface area contributed by atoms with E-state index in [9.17, 15) is 33.6 Å². The van der Waals surface area contributed by atoms with E-state index >= 15 is 0 Å². The van der Waals surface area contributed by atoms with Gasteiger partial charge in [0, 0.05) is 6.61 Å². The van der Waals surface area contributed by atoms with Gasteiger partial charge >= 0.3 is 41.8 Å². The van der Waals surface area contributed by atoms with Crippen molar-refractivity contribution < 1.29 is 85.7 Å². The molecule has 0 N–H and O–H groups in total. The molecule has 0 radical (unpaired) electrons. The van der Waals surface area contributed by atoms with Crippen LogP contribution >= 0.6 is 0 Å². The molecular weight excluding hydrogens is 985 g/mol. The summed E-state index contributed by atoms with van der Waals surface area (Å²) in [5.41, 5.74) is -7.82. The Hall–Kier alpha value is -4.13. The van der Waals surface area contributed by atoms with Crippen LogP contribution in [0.1, 0.15) is 197 Å². The van der Waals surface area contributed by atoms with Gasteiger partial charge in [-0.05, 0) is 165 Å². The Bertz CT molecular complexity index is 1940. The van der Waals surface area contributed by atoms with Gasteiger partial charge in [0.25, 0.3) is 0 Å². The van der Waals surface area contributed by atoms with Crippen molar-refractivity contribution in [3.05, 3.63) is 12.7 Å². The summed E-state index contributed by atoms with van der Waals surface area (Å²) >= 11 is 0. The van der Waals surface area contributed by atoms with Gasteiger partial charge in [0.1, 0.15) is 31.5 Å². The third-order valence-corrected chi connectivity index (χ3v) is 12.1. The zero-order valence-corrected chi connectivity index (χ0v) is 50.2. The Morgan fingerprint density at radius 1 is 0.368 bits per heavy atom. The lowest BCUT2D eigenvalue weighted by atomic mass is 9.92. The third kappa shape index (κ3) is 21.6. The van der Waals surface area contributed by atoms with Crippen molar-refractivity contribution in [3.8, 4) is 0 Å². The van der Waals surface area contributed by atoms with Crippen LogP contribution in [0.15, 0.2) is 12.7 Å². The lowest BCUT2D eigenvalue weighted by Gasteiger charge is -2.49. The Labute approximate surface area is 454 Å². The van der Waals surface area contributed by atoms with E-state index in [2.05, 4.69) is 6.58 Å². The number of allylic oxidation sites excluding steroid dienone is 1. The normalized spacial score (nSPS) is 24.9. The number of ether oxygens (including phenoxy) is 11. The first kappa shape index (κ1) is 68.0. The highest BCUT2D eigenvalue weighted by molar-refractivity contribution is 5.79. The number of esters is 7. The molecule has 2 rings (SSSR count). The quantitative estimate of drug-likeness (QED) is 0.0426. The van der Waals surface area contributed by atoms with Gasteiger partial charge in [0.15, 0.2) is 43.1 Å². The Morgan fingerprint density at radius 3 is 1.03 bits per heavy atom. The summed E-state index contributed by atoms with van der Waals surface area (Å²) in [4.78, 5) is 97.7. The molecule has 2 aliphatic heterocycles. The third-order valence-electron chi connectivity index (χ3n) is 12.1. The number of rotatable bonds is 22. The second-order valence-electron chi connectivity index (χ2n) is 27.4. The molecule has 18 heteroatoms. The molecule has 2 heterocycles. The Morgan fingerprint density at radius 2 is 0.658 bits per heavy atom. The predicted octanol–water partition coefficient (Wildman–Crippen LogP) is 10.1. The fraction of sp³-hybridized carbons (Fsp3) is 0.845. The van der Waals surface area contributed by atoms with Crippen LogP contribution in [0, 0.1) is 37.9 Å². The fourth-order valence-corrected chi connectivity index (χ4v) is 6.97.